The van der Waals surface area contributed by atoms with Gasteiger partial charge in [-0.3, -0.25) is 0 Å². The average Bonchev–Trinajstić information content (AvgIpc) is 2.82. The van der Waals surface area contributed by atoms with Gasteiger partial charge in [0.1, 0.15) is 0 Å². The number of hydrogen-bond acceptors (Lipinski definition) is 4. The van der Waals surface area contributed by atoms with Gasteiger partial charge in [0.2, 0.25) is 0 Å². The molecular formula is C12H13N3S. The lowest BCUT2D eigenvalue weighted by Gasteiger charge is -2.12. The highest BCUT2D eigenvalue weighted by atomic mass is 32.2. The van der Waals surface area contributed by atoms with Crippen molar-refractivity contribution < 1.29 is 0 Å². The summed E-state index contributed by atoms with van der Waals surface area (Å²) in [5.74, 6) is 3.34. The molecule has 0 amide bonds. The molecule has 1 aromatic heterocycles. The predicted molar refractivity (Wildman–Crippen MR) is 68.9 cm³/mol. The number of fused-ring (bicyclic) bond motifs is 1. The molecule has 0 saturated carbocycles. The van der Waals surface area contributed by atoms with Crippen LogP contribution in [0.3, 0.4) is 0 Å². The molecule has 1 atom stereocenters. The van der Waals surface area contributed by atoms with Crippen molar-refractivity contribution in [1.29, 1.82) is 0 Å². The second-order valence-electron chi connectivity index (χ2n) is 3.99. The molecule has 82 valence electrons. The third kappa shape index (κ3) is 1.85. The van der Waals surface area contributed by atoms with Gasteiger partial charge in [-0.15, -0.1) is 5.10 Å². The molecule has 1 aliphatic rings. The van der Waals surface area contributed by atoms with E-state index in [2.05, 4.69) is 27.6 Å². The SMILES string of the molecule is c1ccc2c(NC3CCSC3)nncc2c1. The van der Waals surface area contributed by atoms with Gasteiger partial charge in [0, 0.05) is 22.6 Å². The highest BCUT2D eigenvalue weighted by Gasteiger charge is 2.16. The quantitative estimate of drug-likeness (QED) is 0.862. The third-order valence-corrected chi connectivity index (χ3v) is 4.00. The molecule has 0 aliphatic carbocycles. The first-order valence-electron chi connectivity index (χ1n) is 5.48. The minimum Gasteiger partial charge on any atom is -0.364 e. The Kier molecular flexibility index (Phi) is 2.66. The van der Waals surface area contributed by atoms with E-state index >= 15 is 0 Å². The summed E-state index contributed by atoms with van der Waals surface area (Å²) in [7, 11) is 0. The summed E-state index contributed by atoms with van der Waals surface area (Å²) in [5, 5.41) is 14.0. The van der Waals surface area contributed by atoms with Crippen LogP contribution in [0.15, 0.2) is 30.5 Å². The summed E-state index contributed by atoms with van der Waals surface area (Å²) < 4.78 is 0. The number of aromatic nitrogens is 2. The Bertz CT molecular complexity index is 489. The number of nitrogens with one attached hydrogen (secondary N) is 1. The van der Waals surface area contributed by atoms with Crippen LogP contribution < -0.4 is 5.32 Å². The average molecular weight is 231 g/mol. The summed E-state index contributed by atoms with van der Waals surface area (Å²) in [6.45, 7) is 0. The number of anilines is 1. The molecule has 2 aromatic rings. The molecule has 2 heterocycles. The van der Waals surface area contributed by atoms with Gasteiger partial charge < -0.3 is 5.32 Å². The van der Waals surface area contributed by atoms with Gasteiger partial charge in [-0.25, -0.2) is 0 Å². The molecule has 0 radical (unpaired) electrons. The molecule has 3 nitrogen and oxygen atoms in total. The Hall–Kier alpha value is -1.29. The Balaban J connectivity index is 1.96. The molecule has 16 heavy (non-hydrogen) atoms. The summed E-state index contributed by atoms with van der Waals surface area (Å²) in [6, 6.07) is 8.77. The Morgan fingerprint density at radius 2 is 2.25 bits per heavy atom. The molecule has 1 N–H and O–H groups in total. The van der Waals surface area contributed by atoms with E-state index in [9.17, 15) is 0 Å². The third-order valence-electron chi connectivity index (χ3n) is 2.84. The Morgan fingerprint density at radius 3 is 3.12 bits per heavy atom. The van der Waals surface area contributed by atoms with Crippen molar-refractivity contribution in [3.05, 3.63) is 30.5 Å². The van der Waals surface area contributed by atoms with Crippen LogP contribution in [0.25, 0.3) is 10.8 Å². The van der Waals surface area contributed by atoms with Crippen molar-refractivity contribution in [2.24, 2.45) is 0 Å². The standard InChI is InChI=1S/C12H13N3S/c1-2-4-11-9(3-1)7-13-15-12(11)14-10-5-6-16-8-10/h1-4,7,10H,5-6,8H2,(H,14,15). The fourth-order valence-electron chi connectivity index (χ4n) is 1.98. The zero-order valence-electron chi connectivity index (χ0n) is 8.89. The smallest absolute Gasteiger partial charge is 0.156 e. The van der Waals surface area contributed by atoms with Crippen LogP contribution in [-0.4, -0.2) is 27.7 Å². The second kappa shape index (κ2) is 4.29. The normalized spacial score (nSPS) is 20.1. The number of rotatable bonds is 2. The summed E-state index contributed by atoms with van der Waals surface area (Å²) in [5.41, 5.74) is 0. The Morgan fingerprint density at radius 1 is 1.31 bits per heavy atom. The van der Waals surface area contributed by atoms with E-state index < -0.39 is 0 Å². The van der Waals surface area contributed by atoms with Gasteiger partial charge in [-0.1, -0.05) is 24.3 Å². The lowest BCUT2D eigenvalue weighted by Crippen LogP contribution is -2.19. The topological polar surface area (TPSA) is 37.8 Å². The number of hydrogen-bond donors (Lipinski definition) is 1. The van der Waals surface area contributed by atoms with Gasteiger partial charge in [-0.2, -0.15) is 16.9 Å². The lowest BCUT2D eigenvalue weighted by molar-refractivity contribution is 0.803. The van der Waals surface area contributed by atoms with E-state index in [-0.39, 0.29) is 0 Å². The summed E-state index contributed by atoms with van der Waals surface area (Å²) >= 11 is 2.00. The van der Waals surface area contributed by atoms with Crippen LogP contribution in [0.2, 0.25) is 0 Å². The van der Waals surface area contributed by atoms with Crippen molar-refractivity contribution in [3.63, 3.8) is 0 Å². The minimum absolute atomic E-state index is 0.546. The lowest BCUT2D eigenvalue weighted by atomic mass is 10.2. The second-order valence-corrected chi connectivity index (χ2v) is 5.14. The number of benzene rings is 1. The van der Waals surface area contributed by atoms with Gasteiger partial charge in [0.05, 0.1) is 6.20 Å². The maximum absolute atomic E-state index is 4.20. The zero-order valence-corrected chi connectivity index (χ0v) is 9.70. The van der Waals surface area contributed by atoms with Gasteiger partial charge in [-0.05, 0) is 12.2 Å². The van der Waals surface area contributed by atoms with Gasteiger partial charge >= 0.3 is 0 Å². The molecule has 0 bridgehead atoms. The molecule has 1 aliphatic heterocycles. The number of nitrogens with zero attached hydrogens (tertiary/aromatic N) is 2. The van der Waals surface area contributed by atoms with E-state index in [1.165, 1.54) is 17.9 Å². The van der Waals surface area contributed by atoms with Crippen LogP contribution in [-0.2, 0) is 0 Å². The first-order valence-corrected chi connectivity index (χ1v) is 6.64. The van der Waals surface area contributed by atoms with E-state index in [1.54, 1.807) is 0 Å². The van der Waals surface area contributed by atoms with Crippen molar-refractivity contribution >= 4 is 28.4 Å². The van der Waals surface area contributed by atoms with E-state index in [4.69, 9.17) is 0 Å². The van der Waals surface area contributed by atoms with Gasteiger partial charge in [0.25, 0.3) is 0 Å². The first-order chi connectivity index (χ1) is 7.93. The highest BCUT2D eigenvalue weighted by molar-refractivity contribution is 7.99. The van der Waals surface area contributed by atoms with Gasteiger partial charge in [0.15, 0.2) is 5.82 Å². The molecule has 1 fully saturated rings. The molecule has 1 aromatic carbocycles. The maximum Gasteiger partial charge on any atom is 0.156 e. The fourth-order valence-corrected chi connectivity index (χ4v) is 3.13. The monoisotopic (exact) mass is 231 g/mol. The summed E-state index contributed by atoms with van der Waals surface area (Å²) in [4.78, 5) is 0. The molecule has 1 saturated heterocycles. The molecule has 4 heteroatoms. The zero-order chi connectivity index (χ0) is 10.8. The van der Waals surface area contributed by atoms with Crippen molar-refractivity contribution in [3.8, 4) is 0 Å². The van der Waals surface area contributed by atoms with Crippen molar-refractivity contribution in [2.45, 2.75) is 12.5 Å². The summed E-state index contributed by atoms with van der Waals surface area (Å²) in [6.07, 6.45) is 3.03. The van der Waals surface area contributed by atoms with E-state index in [0.29, 0.717) is 6.04 Å². The molecular weight excluding hydrogens is 218 g/mol. The highest BCUT2D eigenvalue weighted by Crippen LogP contribution is 2.24. The first kappa shape index (κ1) is 9.90. The minimum atomic E-state index is 0.546. The molecule has 3 rings (SSSR count). The Labute approximate surface area is 98.6 Å². The fraction of sp³-hybridized carbons (Fsp3) is 0.333. The van der Waals surface area contributed by atoms with Crippen LogP contribution >= 0.6 is 11.8 Å². The van der Waals surface area contributed by atoms with E-state index in [1.807, 2.05) is 30.1 Å². The molecule has 0 spiro atoms. The number of thioether (sulfide) groups is 1. The van der Waals surface area contributed by atoms with Crippen LogP contribution in [0.4, 0.5) is 5.82 Å². The van der Waals surface area contributed by atoms with Crippen LogP contribution in [0.1, 0.15) is 6.42 Å². The van der Waals surface area contributed by atoms with Crippen molar-refractivity contribution in [1.82, 2.24) is 10.2 Å². The predicted octanol–water partition coefficient (Wildman–Crippen LogP) is 2.55. The van der Waals surface area contributed by atoms with Crippen LogP contribution in [0, 0.1) is 0 Å². The van der Waals surface area contributed by atoms with E-state index in [0.717, 1.165) is 16.6 Å². The maximum atomic E-state index is 4.20. The van der Waals surface area contributed by atoms with Crippen LogP contribution in [0.5, 0.6) is 0 Å². The van der Waals surface area contributed by atoms with Crippen molar-refractivity contribution in [2.75, 3.05) is 16.8 Å². The molecule has 1 unspecified atom stereocenters. The largest absolute Gasteiger partial charge is 0.364 e.